The first-order valence-corrected chi connectivity index (χ1v) is 11.4. The second-order valence-electron chi connectivity index (χ2n) is 7.51. The number of rotatable bonds is 7. The summed E-state index contributed by atoms with van der Waals surface area (Å²) < 4.78 is 33.5. The van der Waals surface area contributed by atoms with Crippen LogP contribution in [0.1, 0.15) is 23.6 Å². The fraction of sp³-hybridized carbons (Fsp3) is 0.208. The first-order valence-electron chi connectivity index (χ1n) is 9.88. The molecule has 162 valence electrons. The minimum Gasteiger partial charge on any atom is -0.481 e. The number of carbonyl (C=O) groups excluding carboxylic acids is 1. The molecule has 3 aromatic carbocycles. The third-order valence-electron chi connectivity index (χ3n) is 4.75. The van der Waals surface area contributed by atoms with Gasteiger partial charge in [-0.05, 0) is 81.3 Å². The monoisotopic (exact) mass is 438 g/mol. The third-order valence-corrected chi connectivity index (χ3v) is 6.15. The van der Waals surface area contributed by atoms with E-state index in [0.29, 0.717) is 17.1 Å². The predicted molar refractivity (Wildman–Crippen MR) is 123 cm³/mol. The Morgan fingerprint density at radius 2 is 1.42 bits per heavy atom. The van der Waals surface area contributed by atoms with E-state index in [1.54, 1.807) is 31.2 Å². The maximum atomic E-state index is 12.6. The van der Waals surface area contributed by atoms with Crippen LogP contribution < -0.4 is 14.8 Å². The average Bonchev–Trinajstić information content (AvgIpc) is 2.72. The van der Waals surface area contributed by atoms with Gasteiger partial charge in [0.25, 0.3) is 15.9 Å². The molecule has 3 rings (SSSR count). The van der Waals surface area contributed by atoms with Gasteiger partial charge in [0, 0.05) is 11.4 Å². The molecular weight excluding hydrogens is 412 g/mol. The standard InChI is InChI=1S/C24H26N2O4S/c1-16-6-9-21(10-7-16)26-31(28,29)22-13-11-20(12-14-22)25-24(27)19(4)30-23-15-17(2)5-8-18(23)3/h5-15,19,26H,1-4H3,(H,25,27)/t19-/m0/s1. The van der Waals surface area contributed by atoms with E-state index in [1.165, 1.54) is 12.1 Å². The number of anilines is 2. The van der Waals surface area contributed by atoms with Crippen LogP contribution in [0.3, 0.4) is 0 Å². The summed E-state index contributed by atoms with van der Waals surface area (Å²) in [6.07, 6.45) is -0.716. The van der Waals surface area contributed by atoms with E-state index in [9.17, 15) is 13.2 Å². The molecule has 0 radical (unpaired) electrons. The van der Waals surface area contributed by atoms with Crippen LogP contribution in [-0.4, -0.2) is 20.4 Å². The highest BCUT2D eigenvalue weighted by Gasteiger charge is 2.18. The van der Waals surface area contributed by atoms with E-state index >= 15 is 0 Å². The van der Waals surface area contributed by atoms with Gasteiger partial charge in [0.1, 0.15) is 5.75 Å². The van der Waals surface area contributed by atoms with E-state index in [2.05, 4.69) is 10.0 Å². The Balaban J connectivity index is 1.64. The molecule has 0 aliphatic carbocycles. The summed E-state index contributed by atoms with van der Waals surface area (Å²) in [5, 5.41) is 2.75. The van der Waals surface area contributed by atoms with Crippen molar-refractivity contribution < 1.29 is 17.9 Å². The second-order valence-corrected chi connectivity index (χ2v) is 9.20. The van der Waals surface area contributed by atoms with Gasteiger partial charge >= 0.3 is 0 Å². The Labute approximate surface area is 183 Å². The maximum Gasteiger partial charge on any atom is 0.265 e. The number of benzene rings is 3. The summed E-state index contributed by atoms with van der Waals surface area (Å²) in [5.41, 5.74) is 4.00. The number of hydrogen-bond acceptors (Lipinski definition) is 4. The number of ether oxygens (including phenoxy) is 1. The van der Waals surface area contributed by atoms with Crippen LogP contribution in [0.2, 0.25) is 0 Å². The summed E-state index contributed by atoms with van der Waals surface area (Å²) in [5.74, 6) is 0.334. The molecule has 7 heteroatoms. The van der Waals surface area contributed by atoms with Crippen molar-refractivity contribution in [2.45, 2.75) is 38.7 Å². The van der Waals surface area contributed by atoms with Crippen LogP contribution in [-0.2, 0) is 14.8 Å². The highest BCUT2D eigenvalue weighted by molar-refractivity contribution is 7.92. The van der Waals surface area contributed by atoms with Crippen molar-refractivity contribution in [3.05, 3.63) is 83.4 Å². The van der Waals surface area contributed by atoms with Crippen LogP contribution in [0.15, 0.2) is 71.6 Å². The zero-order valence-electron chi connectivity index (χ0n) is 18.0. The van der Waals surface area contributed by atoms with Crippen LogP contribution in [0.5, 0.6) is 5.75 Å². The third kappa shape index (κ3) is 5.86. The van der Waals surface area contributed by atoms with Crippen LogP contribution in [0.4, 0.5) is 11.4 Å². The van der Waals surface area contributed by atoms with Gasteiger partial charge in [-0.2, -0.15) is 0 Å². The first kappa shape index (κ1) is 22.4. The van der Waals surface area contributed by atoms with E-state index < -0.39 is 16.1 Å². The van der Waals surface area contributed by atoms with Gasteiger partial charge in [0.05, 0.1) is 4.90 Å². The summed E-state index contributed by atoms with van der Waals surface area (Å²) in [4.78, 5) is 12.6. The molecule has 1 amide bonds. The van der Waals surface area contributed by atoms with Crippen LogP contribution in [0, 0.1) is 20.8 Å². The molecule has 0 unspecified atom stereocenters. The molecule has 0 saturated heterocycles. The summed E-state index contributed by atoms with van der Waals surface area (Å²) >= 11 is 0. The zero-order chi connectivity index (χ0) is 22.6. The van der Waals surface area contributed by atoms with Gasteiger partial charge in [0.2, 0.25) is 0 Å². The number of nitrogens with one attached hydrogen (secondary N) is 2. The molecular formula is C24H26N2O4S. The lowest BCUT2D eigenvalue weighted by atomic mass is 10.1. The average molecular weight is 439 g/mol. The lowest BCUT2D eigenvalue weighted by Crippen LogP contribution is -2.30. The van der Waals surface area contributed by atoms with E-state index in [1.807, 2.05) is 51.1 Å². The zero-order valence-corrected chi connectivity index (χ0v) is 18.8. The number of hydrogen-bond donors (Lipinski definition) is 2. The summed E-state index contributed by atoms with van der Waals surface area (Å²) in [7, 11) is -3.72. The predicted octanol–water partition coefficient (Wildman–Crippen LogP) is 4.82. The van der Waals surface area contributed by atoms with E-state index in [0.717, 1.165) is 16.7 Å². The molecule has 3 aromatic rings. The molecule has 0 aliphatic heterocycles. The van der Waals surface area contributed by atoms with Gasteiger partial charge < -0.3 is 10.1 Å². The molecule has 0 heterocycles. The van der Waals surface area contributed by atoms with Crippen molar-refractivity contribution >= 4 is 27.3 Å². The molecule has 1 atom stereocenters. The molecule has 31 heavy (non-hydrogen) atoms. The molecule has 0 aromatic heterocycles. The largest absolute Gasteiger partial charge is 0.481 e. The van der Waals surface area contributed by atoms with Crippen LogP contribution in [0.25, 0.3) is 0 Å². The van der Waals surface area contributed by atoms with Crippen molar-refractivity contribution in [2.75, 3.05) is 10.0 Å². The molecule has 0 bridgehead atoms. The van der Waals surface area contributed by atoms with E-state index in [4.69, 9.17) is 4.74 Å². The maximum absolute atomic E-state index is 12.6. The number of carbonyl (C=O) groups is 1. The van der Waals surface area contributed by atoms with Crippen molar-refractivity contribution in [2.24, 2.45) is 0 Å². The Bertz CT molecular complexity index is 1170. The quantitative estimate of drug-likeness (QED) is 0.554. The highest BCUT2D eigenvalue weighted by Crippen LogP contribution is 2.22. The molecule has 0 saturated carbocycles. The van der Waals surface area contributed by atoms with E-state index in [-0.39, 0.29) is 10.8 Å². The fourth-order valence-corrected chi connectivity index (χ4v) is 3.93. The lowest BCUT2D eigenvalue weighted by Gasteiger charge is -2.17. The van der Waals surface area contributed by atoms with Crippen molar-refractivity contribution in [3.8, 4) is 5.75 Å². The van der Waals surface area contributed by atoms with Crippen LogP contribution >= 0.6 is 0 Å². The fourth-order valence-electron chi connectivity index (χ4n) is 2.88. The lowest BCUT2D eigenvalue weighted by molar-refractivity contribution is -0.122. The smallest absolute Gasteiger partial charge is 0.265 e. The Hall–Kier alpha value is -3.32. The Morgan fingerprint density at radius 1 is 0.839 bits per heavy atom. The Morgan fingerprint density at radius 3 is 2.06 bits per heavy atom. The first-order chi connectivity index (χ1) is 14.6. The molecule has 6 nitrogen and oxygen atoms in total. The molecule has 0 spiro atoms. The highest BCUT2D eigenvalue weighted by atomic mass is 32.2. The van der Waals surface area contributed by atoms with Gasteiger partial charge in [-0.25, -0.2) is 8.42 Å². The molecule has 0 fully saturated rings. The van der Waals surface area contributed by atoms with Gasteiger partial charge in [0.15, 0.2) is 6.10 Å². The molecule has 2 N–H and O–H groups in total. The summed E-state index contributed by atoms with van der Waals surface area (Å²) in [6, 6.07) is 18.9. The number of aryl methyl sites for hydroxylation is 3. The number of sulfonamides is 1. The molecule has 0 aliphatic rings. The van der Waals surface area contributed by atoms with Gasteiger partial charge in [-0.1, -0.05) is 29.8 Å². The van der Waals surface area contributed by atoms with Gasteiger partial charge in [-0.15, -0.1) is 0 Å². The topological polar surface area (TPSA) is 84.5 Å². The number of amides is 1. The van der Waals surface area contributed by atoms with Crippen molar-refractivity contribution in [3.63, 3.8) is 0 Å². The van der Waals surface area contributed by atoms with Gasteiger partial charge in [-0.3, -0.25) is 9.52 Å². The van der Waals surface area contributed by atoms with Crippen molar-refractivity contribution in [1.82, 2.24) is 0 Å². The SMILES string of the molecule is Cc1ccc(NS(=O)(=O)c2ccc(NC(=O)[C@H](C)Oc3cc(C)ccc3C)cc2)cc1. The second kappa shape index (κ2) is 9.22. The Kier molecular flexibility index (Phi) is 6.65. The minimum atomic E-state index is -3.72. The normalized spacial score (nSPS) is 12.1. The van der Waals surface area contributed by atoms with Crippen molar-refractivity contribution in [1.29, 1.82) is 0 Å². The summed E-state index contributed by atoms with van der Waals surface area (Å²) in [6.45, 7) is 7.48. The minimum absolute atomic E-state index is 0.103.